The molecule has 0 bridgehead atoms. The molecule has 2 aromatic rings. The first-order valence-corrected chi connectivity index (χ1v) is 7.41. The second-order valence-electron chi connectivity index (χ2n) is 5.54. The summed E-state index contributed by atoms with van der Waals surface area (Å²) in [5.74, 6) is 0.956. The van der Waals surface area contributed by atoms with Gasteiger partial charge < -0.3 is 10.5 Å². The fourth-order valence-electron chi connectivity index (χ4n) is 2.73. The number of piperidine rings is 1. The molecule has 1 saturated heterocycles. The Morgan fingerprint density at radius 3 is 2.60 bits per heavy atom. The van der Waals surface area contributed by atoms with E-state index in [1.165, 1.54) is 10.8 Å². The van der Waals surface area contributed by atoms with Crippen LogP contribution in [0.2, 0.25) is 0 Å². The SMILES string of the molecule is NC1CCN(CCOc2ccc3ccccc3c2)CC1. The molecule has 0 saturated carbocycles. The zero-order valence-electron chi connectivity index (χ0n) is 11.8. The van der Waals surface area contributed by atoms with Crippen molar-refractivity contribution in [3.63, 3.8) is 0 Å². The summed E-state index contributed by atoms with van der Waals surface area (Å²) in [6, 6.07) is 15.0. The van der Waals surface area contributed by atoms with E-state index in [9.17, 15) is 0 Å². The monoisotopic (exact) mass is 270 g/mol. The van der Waals surface area contributed by atoms with Crippen molar-refractivity contribution in [2.24, 2.45) is 5.73 Å². The van der Waals surface area contributed by atoms with Gasteiger partial charge in [0.25, 0.3) is 0 Å². The summed E-state index contributed by atoms with van der Waals surface area (Å²) in [6.45, 7) is 3.93. The number of nitrogens with zero attached hydrogens (tertiary/aromatic N) is 1. The van der Waals surface area contributed by atoms with E-state index < -0.39 is 0 Å². The number of nitrogens with two attached hydrogens (primary N) is 1. The lowest BCUT2D eigenvalue weighted by Gasteiger charge is -2.29. The van der Waals surface area contributed by atoms with Crippen molar-refractivity contribution in [1.29, 1.82) is 0 Å². The number of likely N-dealkylation sites (tertiary alicyclic amines) is 1. The summed E-state index contributed by atoms with van der Waals surface area (Å²) >= 11 is 0. The van der Waals surface area contributed by atoms with Crippen molar-refractivity contribution < 1.29 is 4.74 Å². The Bertz CT molecular complexity index is 562. The average molecular weight is 270 g/mol. The van der Waals surface area contributed by atoms with Crippen LogP contribution in [0.5, 0.6) is 5.75 Å². The maximum absolute atomic E-state index is 5.91. The van der Waals surface area contributed by atoms with Crippen molar-refractivity contribution in [3.05, 3.63) is 42.5 Å². The van der Waals surface area contributed by atoms with Gasteiger partial charge in [0.15, 0.2) is 0 Å². The third-order valence-corrected chi connectivity index (χ3v) is 4.03. The maximum Gasteiger partial charge on any atom is 0.120 e. The van der Waals surface area contributed by atoms with Crippen LogP contribution < -0.4 is 10.5 Å². The molecule has 0 atom stereocenters. The van der Waals surface area contributed by atoms with E-state index in [0.29, 0.717) is 6.04 Å². The van der Waals surface area contributed by atoms with Crippen molar-refractivity contribution in [1.82, 2.24) is 4.90 Å². The van der Waals surface area contributed by atoms with Crippen LogP contribution in [0.3, 0.4) is 0 Å². The smallest absolute Gasteiger partial charge is 0.120 e. The molecule has 106 valence electrons. The first kappa shape index (κ1) is 13.4. The minimum Gasteiger partial charge on any atom is -0.492 e. The number of fused-ring (bicyclic) bond motifs is 1. The van der Waals surface area contributed by atoms with Crippen LogP contribution in [0, 0.1) is 0 Å². The van der Waals surface area contributed by atoms with Gasteiger partial charge in [-0.3, -0.25) is 4.90 Å². The summed E-state index contributed by atoms with van der Waals surface area (Å²) in [6.07, 6.45) is 2.21. The van der Waals surface area contributed by atoms with Gasteiger partial charge in [-0.1, -0.05) is 30.3 Å². The van der Waals surface area contributed by atoms with Gasteiger partial charge in [0.2, 0.25) is 0 Å². The third kappa shape index (κ3) is 3.30. The lowest BCUT2D eigenvalue weighted by molar-refractivity contribution is 0.174. The third-order valence-electron chi connectivity index (χ3n) is 4.03. The summed E-state index contributed by atoms with van der Waals surface area (Å²) in [5, 5.41) is 2.49. The minimum atomic E-state index is 0.396. The zero-order chi connectivity index (χ0) is 13.8. The summed E-state index contributed by atoms with van der Waals surface area (Å²) < 4.78 is 5.87. The largest absolute Gasteiger partial charge is 0.492 e. The molecule has 1 aliphatic rings. The lowest BCUT2D eigenvalue weighted by Crippen LogP contribution is -2.41. The summed E-state index contributed by atoms with van der Waals surface area (Å²) in [7, 11) is 0. The van der Waals surface area contributed by atoms with Crippen LogP contribution in [0.1, 0.15) is 12.8 Å². The number of ether oxygens (including phenoxy) is 1. The molecule has 0 aromatic heterocycles. The standard InChI is InChI=1S/C17H22N2O/c18-16-7-9-19(10-8-16)11-12-20-17-6-5-14-3-1-2-4-15(14)13-17/h1-6,13,16H,7-12,18H2. The van der Waals surface area contributed by atoms with Gasteiger partial charge in [0.05, 0.1) is 0 Å². The topological polar surface area (TPSA) is 38.5 Å². The molecule has 3 heteroatoms. The molecule has 2 N–H and O–H groups in total. The van der Waals surface area contributed by atoms with Crippen LogP contribution in [0.15, 0.2) is 42.5 Å². The van der Waals surface area contributed by atoms with Gasteiger partial charge >= 0.3 is 0 Å². The first-order chi connectivity index (χ1) is 9.81. The molecular formula is C17H22N2O. The van der Waals surface area contributed by atoms with Gasteiger partial charge in [-0.25, -0.2) is 0 Å². The van der Waals surface area contributed by atoms with Crippen LogP contribution in [-0.4, -0.2) is 37.2 Å². The van der Waals surface area contributed by atoms with E-state index >= 15 is 0 Å². The molecule has 3 rings (SSSR count). The Balaban J connectivity index is 1.52. The molecule has 0 amide bonds. The Labute approximate surface area is 120 Å². The van der Waals surface area contributed by atoms with Crippen molar-refractivity contribution in [3.8, 4) is 5.75 Å². The van der Waals surface area contributed by atoms with Crippen molar-refractivity contribution >= 4 is 10.8 Å². The van der Waals surface area contributed by atoms with E-state index in [4.69, 9.17) is 10.5 Å². The number of hydrogen-bond donors (Lipinski definition) is 1. The molecular weight excluding hydrogens is 248 g/mol. The van der Waals surface area contributed by atoms with E-state index in [-0.39, 0.29) is 0 Å². The number of rotatable bonds is 4. The lowest BCUT2D eigenvalue weighted by atomic mass is 10.1. The highest BCUT2D eigenvalue weighted by atomic mass is 16.5. The highest BCUT2D eigenvalue weighted by Crippen LogP contribution is 2.20. The number of benzene rings is 2. The van der Waals surface area contributed by atoms with Crippen LogP contribution in [0.4, 0.5) is 0 Å². The highest BCUT2D eigenvalue weighted by Gasteiger charge is 2.15. The summed E-state index contributed by atoms with van der Waals surface area (Å²) in [4.78, 5) is 2.43. The van der Waals surface area contributed by atoms with E-state index in [0.717, 1.165) is 44.8 Å². The zero-order valence-corrected chi connectivity index (χ0v) is 11.8. The Morgan fingerprint density at radius 1 is 1.05 bits per heavy atom. The Kier molecular flexibility index (Phi) is 4.19. The predicted octanol–water partition coefficient (Wildman–Crippen LogP) is 2.64. The molecule has 0 spiro atoms. The fourth-order valence-corrected chi connectivity index (χ4v) is 2.73. The second-order valence-corrected chi connectivity index (χ2v) is 5.54. The Hall–Kier alpha value is -1.58. The minimum absolute atomic E-state index is 0.396. The fraction of sp³-hybridized carbons (Fsp3) is 0.412. The molecule has 1 fully saturated rings. The average Bonchev–Trinajstić information content (AvgIpc) is 2.49. The molecule has 2 aromatic carbocycles. The summed E-state index contributed by atoms with van der Waals surface area (Å²) in [5.41, 5.74) is 5.91. The maximum atomic E-state index is 5.91. The molecule has 0 aliphatic carbocycles. The number of hydrogen-bond acceptors (Lipinski definition) is 3. The molecule has 0 radical (unpaired) electrons. The first-order valence-electron chi connectivity index (χ1n) is 7.41. The highest BCUT2D eigenvalue weighted by molar-refractivity contribution is 5.83. The predicted molar refractivity (Wildman–Crippen MR) is 83.1 cm³/mol. The Morgan fingerprint density at radius 2 is 1.80 bits per heavy atom. The van der Waals surface area contributed by atoms with Gasteiger partial charge in [-0.05, 0) is 48.8 Å². The van der Waals surface area contributed by atoms with E-state index in [1.807, 2.05) is 0 Å². The van der Waals surface area contributed by atoms with E-state index in [2.05, 4.69) is 47.4 Å². The normalized spacial score (nSPS) is 17.4. The van der Waals surface area contributed by atoms with Crippen LogP contribution >= 0.6 is 0 Å². The molecule has 20 heavy (non-hydrogen) atoms. The quantitative estimate of drug-likeness (QED) is 0.928. The van der Waals surface area contributed by atoms with Crippen LogP contribution in [-0.2, 0) is 0 Å². The van der Waals surface area contributed by atoms with Gasteiger partial charge in [-0.15, -0.1) is 0 Å². The molecule has 1 aliphatic heterocycles. The second kappa shape index (κ2) is 6.25. The van der Waals surface area contributed by atoms with Crippen molar-refractivity contribution in [2.45, 2.75) is 18.9 Å². The van der Waals surface area contributed by atoms with E-state index in [1.54, 1.807) is 0 Å². The molecule has 1 heterocycles. The molecule has 3 nitrogen and oxygen atoms in total. The van der Waals surface area contributed by atoms with Gasteiger partial charge in [-0.2, -0.15) is 0 Å². The van der Waals surface area contributed by atoms with Crippen LogP contribution in [0.25, 0.3) is 10.8 Å². The van der Waals surface area contributed by atoms with Gasteiger partial charge in [0, 0.05) is 12.6 Å². The van der Waals surface area contributed by atoms with Crippen molar-refractivity contribution in [2.75, 3.05) is 26.2 Å². The molecule has 0 unspecified atom stereocenters. The van der Waals surface area contributed by atoms with Gasteiger partial charge in [0.1, 0.15) is 12.4 Å².